The summed E-state index contributed by atoms with van der Waals surface area (Å²) >= 11 is 0. The van der Waals surface area contributed by atoms with E-state index >= 15 is 0 Å². The van der Waals surface area contributed by atoms with Crippen LogP contribution in [0.1, 0.15) is 62.6 Å². The van der Waals surface area contributed by atoms with Gasteiger partial charge >= 0.3 is 5.69 Å². The largest absolute Gasteiger partial charge is 0.349 e. The van der Waals surface area contributed by atoms with E-state index in [0.717, 1.165) is 41.4 Å². The van der Waals surface area contributed by atoms with Crippen LogP contribution >= 0.6 is 0 Å². The number of hydrogen-bond donors (Lipinski definition) is 1. The number of nitrogens with zero attached hydrogens (tertiary/aromatic N) is 3. The normalized spacial score (nSPS) is 13.4. The van der Waals surface area contributed by atoms with Crippen molar-refractivity contribution >= 4 is 11.0 Å². The maximum absolute atomic E-state index is 12.7. The lowest BCUT2D eigenvalue weighted by Crippen LogP contribution is -2.30. The van der Waals surface area contributed by atoms with E-state index in [0.29, 0.717) is 24.2 Å². The number of fused-ring (bicyclic) bond motifs is 2. The summed E-state index contributed by atoms with van der Waals surface area (Å²) in [5, 5.41) is 0. The van der Waals surface area contributed by atoms with Gasteiger partial charge in [0.05, 0.1) is 11.0 Å². The fourth-order valence-electron chi connectivity index (χ4n) is 5.13. The van der Waals surface area contributed by atoms with Crippen LogP contribution in [0.3, 0.4) is 0 Å². The number of aromatic nitrogens is 4. The fraction of sp³-hybridized carbons (Fsp3) is 0.448. The lowest BCUT2D eigenvalue weighted by molar-refractivity contribution is 0.322. The summed E-state index contributed by atoms with van der Waals surface area (Å²) in [6.45, 7) is 9.38. The van der Waals surface area contributed by atoms with Crippen LogP contribution in [0.5, 0.6) is 0 Å². The molecule has 184 valence electrons. The van der Waals surface area contributed by atoms with E-state index in [1.165, 1.54) is 24.8 Å². The molecule has 2 aliphatic heterocycles. The van der Waals surface area contributed by atoms with Crippen LogP contribution in [0, 0.1) is 25.7 Å². The number of hydrogen-bond acceptors (Lipinski definition) is 4. The topological polar surface area (TPSA) is 80.6 Å². The van der Waals surface area contributed by atoms with E-state index in [1.807, 2.05) is 13.0 Å². The summed E-state index contributed by atoms with van der Waals surface area (Å²) in [4.78, 5) is 36.0. The molecule has 2 aliphatic rings. The van der Waals surface area contributed by atoms with Crippen LogP contribution in [-0.4, -0.2) is 19.5 Å². The van der Waals surface area contributed by atoms with Crippen LogP contribution in [0.2, 0.25) is 0 Å². The Morgan fingerprint density at radius 2 is 1.74 bits per heavy atom. The van der Waals surface area contributed by atoms with E-state index in [2.05, 4.69) is 76.7 Å². The molecule has 2 atom stereocenters. The highest BCUT2D eigenvalue weighted by molar-refractivity contribution is 5.81. The number of H-pyrrole nitrogens is 1. The molecular weight excluding hydrogens is 436 g/mol. The van der Waals surface area contributed by atoms with Crippen molar-refractivity contribution in [2.75, 3.05) is 0 Å². The third-order valence-electron chi connectivity index (χ3n) is 7.04. The molecule has 6 heteroatoms. The van der Waals surface area contributed by atoms with Crippen LogP contribution < -0.4 is 11.2 Å². The van der Waals surface area contributed by atoms with Crippen LogP contribution in [0.4, 0.5) is 0 Å². The molecule has 1 N–H and O–H groups in total. The van der Waals surface area contributed by atoms with Crippen molar-refractivity contribution in [3.8, 4) is 11.5 Å². The first-order chi connectivity index (χ1) is 16.9. The van der Waals surface area contributed by atoms with Gasteiger partial charge < -0.3 is 4.57 Å². The molecule has 0 radical (unpaired) electrons. The molecule has 0 aromatic heterocycles. The van der Waals surface area contributed by atoms with E-state index in [4.69, 9.17) is 0 Å². The SMILES string of the molecule is CCCCCC(CC(C)Cc1ccccc1)Cn1c2nc(=O)[nH]c(=O)c-2nc2cc(C)c(C)cc21. The highest BCUT2D eigenvalue weighted by Gasteiger charge is 2.22. The van der Waals surface area contributed by atoms with Crippen molar-refractivity contribution in [3.05, 3.63) is 80.0 Å². The molecule has 0 saturated heterocycles. The molecule has 4 rings (SSSR count). The first-order valence-corrected chi connectivity index (χ1v) is 12.8. The van der Waals surface area contributed by atoms with Gasteiger partial charge in [-0.1, -0.05) is 63.4 Å². The lowest BCUT2D eigenvalue weighted by atomic mass is 9.87. The maximum Gasteiger partial charge on any atom is 0.349 e. The molecular formula is C29H36N4O2. The molecule has 2 aromatic carbocycles. The van der Waals surface area contributed by atoms with Gasteiger partial charge in [-0.3, -0.25) is 9.78 Å². The van der Waals surface area contributed by atoms with Crippen molar-refractivity contribution in [1.29, 1.82) is 0 Å². The molecule has 0 amide bonds. The Bertz CT molecular complexity index is 1370. The molecule has 6 nitrogen and oxygen atoms in total. The number of benzene rings is 2. The van der Waals surface area contributed by atoms with Gasteiger partial charge in [0.15, 0.2) is 11.5 Å². The number of aromatic amines is 1. The lowest BCUT2D eigenvalue weighted by Gasteiger charge is -2.25. The summed E-state index contributed by atoms with van der Waals surface area (Å²) < 4.78 is 2.08. The highest BCUT2D eigenvalue weighted by atomic mass is 16.2. The Morgan fingerprint density at radius 1 is 1.00 bits per heavy atom. The van der Waals surface area contributed by atoms with E-state index in [9.17, 15) is 9.59 Å². The van der Waals surface area contributed by atoms with Gasteiger partial charge in [-0.05, 0) is 73.8 Å². The zero-order chi connectivity index (χ0) is 24.9. The Kier molecular flexibility index (Phi) is 7.79. The number of aryl methyl sites for hydroxylation is 2. The van der Waals surface area contributed by atoms with E-state index in [1.54, 1.807) is 0 Å². The standard InChI is InChI=1S/C29H36N4O2/c1-5-6-8-13-23(15-19(2)14-22-11-9-7-10-12-22)18-33-25-17-21(4)20(3)16-24(25)30-26-27(33)31-29(35)32-28(26)34/h7,9-12,16-17,19,23H,5-6,8,13-15,18H2,1-4H3,(H,32,34,35). The Balaban J connectivity index is 1.74. The second-order valence-corrected chi connectivity index (χ2v) is 10.1. The molecule has 2 unspecified atom stereocenters. The van der Waals surface area contributed by atoms with Gasteiger partial charge in [-0.2, -0.15) is 4.98 Å². The number of rotatable bonds is 10. The molecule has 2 heterocycles. The first-order valence-electron chi connectivity index (χ1n) is 12.8. The molecule has 0 saturated carbocycles. The Morgan fingerprint density at radius 3 is 2.49 bits per heavy atom. The number of unbranched alkanes of at least 4 members (excludes halogenated alkanes) is 2. The Labute approximate surface area is 206 Å². The molecule has 0 fully saturated rings. The second kappa shape index (κ2) is 11.0. The molecule has 0 bridgehead atoms. The van der Waals surface area contributed by atoms with Gasteiger partial charge in [0.2, 0.25) is 0 Å². The average Bonchev–Trinajstić information content (AvgIpc) is 2.81. The van der Waals surface area contributed by atoms with Crippen molar-refractivity contribution in [3.63, 3.8) is 0 Å². The van der Waals surface area contributed by atoms with Gasteiger partial charge in [0.1, 0.15) is 0 Å². The van der Waals surface area contributed by atoms with Crippen LogP contribution in [-0.2, 0) is 13.0 Å². The predicted octanol–water partition coefficient (Wildman–Crippen LogP) is 5.67. The third-order valence-corrected chi connectivity index (χ3v) is 7.04. The summed E-state index contributed by atoms with van der Waals surface area (Å²) in [6.07, 6.45) is 6.75. The first kappa shape index (κ1) is 24.8. The summed E-state index contributed by atoms with van der Waals surface area (Å²) in [6, 6.07) is 14.8. The third kappa shape index (κ3) is 5.87. The minimum Gasteiger partial charge on any atom is -0.322 e. The smallest absolute Gasteiger partial charge is 0.322 e. The molecule has 0 spiro atoms. The van der Waals surface area contributed by atoms with Gasteiger partial charge in [0, 0.05) is 6.54 Å². The fourth-order valence-corrected chi connectivity index (χ4v) is 5.13. The van der Waals surface area contributed by atoms with E-state index < -0.39 is 11.2 Å². The van der Waals surface area contributed by atoms with Crippen molar-refractivity contribution in [1.82, 2.24) is 19.5 Å². The van der Waals surface area contributed by atoms with Crippen molar-refractivity contribution < 1.29 is 0 Å². The molecule has 0 aliphatic carbocycles. The number of nitrogens with one attached hydrogen (secondary N) is 1. The summed E-state index contributed by atoms with van der Waals surface area (Å²) in [7, 11) is 0. The average molecular weight is 473 g/mol. The molecule has 35 heavy (non-hydrogen) atoms. The predicted molar refractivity (Wildman–Crippen MR) is 142 cm³/mol. The minimum atomic E-state index is -0.624. The minimum absolute atomic E-state index is 0.227. The summed E-state index contributed by atoms with van der Waals surface area (Å²) in [5.74, 6) is 1.29. The highest BCUT2D eigenvalue weighted by Crippen LogP contribution is 2.29. The van der Waals surface area contributed by atoms with Crippen LogP contribution in [0.25, 0.3) is 22.6 Å². The van der Waals surface area contributed by atoms with Crippen molar-refractivity contribution in [2.45, 2.75) is 72.8 Å². The maximum atomic E-state index is 12.7. The van der Waals surface area contributed by atoms with Crippen LogP contribution in [0.15, 0.2) is 52.1 Å². The summed E-state index contributed by atoms with van der Waals surface area (Å²) in [5.41, 5.74) is 4.44. The zero-order valence-corrected chi connectivity index (χ0v) is 21.3. The van der Waals surface area contributed by atoms with Gasteiger partial charge in [0.25, 0.3) is 5.56 Å². The molecule has 2 aromatic rings. The zero-order valence-electron chi connectivity index (χ0n) is 21.3. The van der Waals surface area contributed by atoms with E-state index in [-0.39, 0.29) is 5.69 Å². The quantitative estimate of drug-likeness (QED) is 0.238. The Hall–Kier alpha value is -3.28. The van der Waals surface area contributed by atoms with Crippen molar-refractivity contribution in [2.24, 2.45) is 11.8 Å². The second-order valence-electron chi connectivity index (χ2n) is 10.1. The van der Waals surface area contributed by atoms with Gasteiger partial charge in [-0.15, -0.1) is 0 Å². The monoisotopic (exact) mass is 472 g/mol. The van der Waals surface area contributed by atoms with Gasteiger partial charge in [-0.25, -0.2) is 9.78 Å².